The third-order valence-electron chi connectivity index (χ3n) is 2.74. The lowest BCUT2D eigenvalue weighted by molar-refractivity contribution is 0.0697. The Bertz CT molecular complexity index is 393. The number of rotatable bonds is 4. The van der Waals surface area contributed by atoms with E-state index in [1.54, 1.807) is 12.1 Å². The molecular formula is C16H27NO3. The zero-order chi connectivity index (χ0) is 15.8. The summed E-state index contributed by atoms with van der Waals surface area (Å²) >= 11 is 0. The van der Waals surface area contributed by atoms with Crippen molar-refractivity contribution in [2.24, 2.45) is 11.3 Å². The third-order valence-corrected chi connectivity index (χ3v) is 2.74. The number of nitrogen functional groups attached to an aromatic ring is 1. The molecule has 20 heavy (non-hydrogen) atoms. The first-order valence-corrected chi connectivity index (χ1v) is 6.85. The molecule has 0 heterocycles. The number of hydrogen-bond acceptors (Lipinski definition) is 3. The van der Waals surface area contributed by atoms with Crippen LogP contribution in [0, 0.1) is 11.3 Å². The summed E-state index contributed by atoms with van der Waals surface area (Å²) in [6.45, 7) is 9.24. The Balaban J connectivity index is 0.000000361. The molecule has 0 bridgehead atoms. The minimum Gasteiger partial charge on any atom is -0.478 e. The highest BCUT2D eigenvalue weighted by Gasteiger charge is 2.14. The van der Waals surface area contributed by atoms with E-state index in [0.717, 1.165) is 6.42 Å². The number of carboxylic acids is 1. The van der Waals surface area contributed by atoms with Crippen LogP contribution in [-0.2, 0) is 0 Å². The second kappa shape index (κ2) is 8.59. The number of hydrogen-bond donors (Lipinski definition) is 3. The number of carboxylic acid groups (broad SMARTS) is 1. The molecule has 1 atom stereocenters. The van der Waals surface area contributed by atoms with E-state index < -0.39 is 5.97 Å². The van der Waals surface area contributed by atoms with Gasteiger partial charge in [-0.3, -0.25) is 0 Å². The van der Waals surface area contributed by atoms with Gasteiger partial charge in [0, 0.05) is 12.3 Å². The summed E-state index contributed by atoms with van der Waals surface area (Å²) in [5, 5.41) is 17.1. The molecule has 1 aromatic rings. The molecule has 0 aromatic heterocycles. The van der Waals surface area contributed by atoms with Crippen LogP contribution >= 0.6 is 0 Å². The summed E-state index contributed by atoms with van der Waals surface area (Å²) in [5.41, 5.74) is 6.58. The van der Waals surface area contributed by atoms with Crippen molar-refractivity contribution < 1.29 is 15.0 Å². The second-order valence-corrected chi connectivity index (χ2v) is 6.31. The second-order valence-electron chi connectivity index (χ2n) is 6.31. The lowest BCUT2D eigenvalue weighted by Crippen LogP contribution is -2.11. The summed E-state index contributed by atoms with van der Waals surface area (Å²) in [4.78, 5) is 10.3. The fourth-order valence-electron chi connectivity index (χ4n) is 1.99. The fourth-order valence-corrected chi connectivity index (χ4v) is 1.99. The van der Waals surface area contributed by atoms with Crippen LogP contribution in [0.5, 0.6) is 0 Å². The van der Waals surface area contributed by atoms with E-state index in [9.17, 15) is 4.79 Å². The molecule has 0 spiro atoms. The van der Waals surface area contributed by atoms with E-state index in [1.165, 1.54) is 18.6 Å². The first-order valence-electron chi connectivity index (χ1n) is 6.85. The molecule has 0 aliphatic carbocycles. The fraction of sp³-hybridized carbons (Fsp3) is 0.562. The highest BCUT2D eigenvalue weighted by molar-refractivity contribution is 5.87. The summed E-state index contributed by atoms with van der Waals surface area (Å²) < 4.78 is 0. The minimum atomic E-state index is -0.931. The molecule has 0 aliphatic heterocycles. The number of anilines is 1. The van der Waals surface area contributed by atoms with E-state index in [1.807, 2.05) is 0 Å². The monoisotopic (exact) mass is 281 g/mol. The van der Waals surface area contributed by atoms with Gasteiger partial charge in [-0.25, -0.2) is 4.79 Å². The average molecular weight is 281 g/mol. The molecule has 0 fully saturated rings. The zero-order valence-corrected chi connectivity index (χ0v) is 12.9. The predicted octanol–water partition coefficient (Wildman–Crippen LogP) is 3.41. The Hall–Kier alpha value is -1.55. The quantitative estimate of drug-likeness (QED) is 0.738. The van der Waals surface area contributed by atoms with Gasteiger partial charge in [0.2, 0.25) is 0 Å². The molecule has 4 N–H and O–H groups in total. The van der Waals surface area contributed by atoms with Crippen LogP contribution in [-0.4, -0.2) is 22.8 Å². The molecule has 4 heteroatoms. The molecule has 0 amide bonds. The number of benzene rings is 1. The van der Waals surface area contributed by atoms with Gasteiger partial charge in [0.15, 0.2) is 0 Å². The molecular weight excluding hydrogens is 254 g/mol. The first kappa shape index (κ1) is 18.4. The molecule has 1 unspecified atom stereocenters. The van der Waals surface area contributed by atoms with Crippen molar-refractivity contribution in [3.8, 4) is 0 Å². The normalized spacial score (nSPS) is 12.2. The van der Waals surface area contributed by atoms with Crippen LogP contribution in [0.2, 0.25) is 0 Å². The van der Waals surface area contributed by atoms with E-state index >= 15 is 0 Å². The van der Waals surface area contributed by atoms with Gasteiger partial charge in [0.05, 0.1) is 5.56 Å². The maximum Gasteiger partial charge on any atom is 0.335 e. The minimum absolute atomic E-state index is 0.259. The molecule has 114 valence electrons. The molecule has 0 saturated carbocycles. The van der Waals surface area contributed by atoms with E-state index in [-0.39, 0.29) is 5.56 Å². The molecule has 0 saturated heterocycles. The largest absolute Gasteiger partial charge is 0.478 e. The van der Waals surface area contributed by atoms with Gasteiger partial charge < -0.3 is 15.9 Å². The van der Waals surface area contributed by atoms with Crippen molar-refractivity contribution in [1.82, 2.24) is 0 Å². The lowest BCUT2D eigenvalue weighted by Gasteiger charge is -2.22. The standard InChI is InChI=1S/C9H20O.C7H7NO2/c1-8(5-6-10)7-9(2,3)4;8-6-3-1-5(2-4-6)7(9)10/h8,10H,5-7H2,1-4H3;1-4H,8H2,(H,9,10). The zero-order valence-electron chi connectivity index (χ0n) is 12.9. The van der Waals surface area contributed by atoms with Crippen molar-refractivity contribution in [2.75, 3.05) is 12.3 Å². The van der Waals surface area contributed by atoms with Crippen molar-refractivity contribution >= 4 is 11.7 Å². The average Bonchev–Trinajstić information content (AvgIpc) is 2.28. The van der Waals surface area contributed by atoms with Gasteiger partial charge in [-0.1, -0.05) is 27.7 Å². The van der Waals surface area contributed by atoms with E-state index in [4.69, 9.17) is 15.9 Å². The van der Waals surface area contributed by atoms with Crippen molar-refractivity contribution in [3.63, 3.8) is 0 Å². The van der Waals surface area contributed by atoms with Crippen LogP contribution in [0.4, 0.5) is 5.69 Å². The van der Waals surface area contributed by atoms with Crippen molar-refractivity contribution in [3.05, 3.63) is 29.8 Å². The molecule has 1 rings (SSSR count). The Kier molecular flexibility index (Phi) is 7.92. The number of nitrogens with two attached hydrogens (primary N) is 1. The Morgan fingerprint density at radius 3 is 2.10 bits per heavy atom. The topological polar surface area (TPSA) is 83.5 Å². The SMILES string of the molecule is CC(CCO)CC(C)(C)C.Nc1ccc(C(=O)O)cc1. The molecule has 1 aromatic carbocycles. The summed E-state index contributed by atoms with van der Waals surface area (Å²) in [6, 6.07) is 6.06. The number of aromatic carboxylic acids is 1. The summed E-state index contributed by atoms with van der Waals surface area (Å²) in [7, 11) is 0. The highest BCUT2D eigenvalue weighted by Crippen LogP contribution is 2.25. The van der Waals surface area contributed by atoms with Crippen LogP contribution in [0.15, 0.2) is 24.3 Å². The Morgan fingerprint density at radius 1 is 1.25 bits per heavy atom. The van der Waals surface area contributed by atoms with Crippen molar-refractivity contribution in [1.29, 1.82) is 0 Å². The van der Waals surface area contributed by atoms with Gasteiger partial charge >= 0.3 is 5.97 Å². The highest BCUT2D eigenvalue weighted by atomic mass is 16.4. The smallest absolute Gasteiger partial charge is 0.335 e. The van der Waals surface area contributed by atoms with Gasteiger partial charge in [-0.15, -0.1) is 0 Å². The predicted molar refractivity (Wildman–Crippen MR) is 82.8 cm³/mol. The van der Waals surface area contributed by atoms with Gasteiger partial charge in [0.1, 0.15) is 0 Å². The van der Waals surface area contributed by atoms with Crippen LogP contribution < -0.4 is 5.73 Å². The Morgan fingerprint density at radius 2 is 1.75 bits per heavy atom. The number of aliphatic hydroxyl groups is 1. The van der Waals surface area contributed by atoms with Crippen LogP contribution in [0.25, 0.3) is 0 Å². The number of aliphatic hydroxyl groups excluding tert-OH is 1. The molecule has 4 nitrogen and oxygen atoms in total. The maximum absolute atomic E-state index is 10.3. The van der Waals surface area contributed by atoms with Gasteiger partial charge in [-0.2, -0.15) is 0 Å². The van der Waals surface area contributed by atoms with Crippen molar-refractivity contribution in [2.45, 2.75) is 40.5 Å². The summed E-state index contributed by atoms with van der Waals surface area (Å²) in [5.74, 6) is -0.273. The third kappa shape index (κ3) is 9.39. The molecule has 0 radical (unpaired) electrons. The summed E-state index contributed by atoms with van der Waals surface area (Å²) in [6.07, 6.45) is 2.14. The Labute approximate surface area is 121 Å². The van der Waals surface area contributed by atoms with E-state index in [0.29, 0.717) is 23.6 Å². The van der Waals surface area contributed by atoms with Gasteiger partial charge in [0.25, 0.3) is 0 Å². The van der Waals surface area contributed by atoms with Crippen LogP contribution in [0.3, 0.4) is 0 Å². The van der Waals surface area contributed by atoms with Crippen LogP contribution in [0.1, 0.15) is 50.9 Å². The molecule has 0 aliphatic rings. The first-order chi connectivity index (χ1) is 9.15. The number of carbonyl (C=O) groups is 1. The lowest BCUT2D eigenvalue weighted by atomic mass is 9.84. The maximum atomic E-state index is 10.3. The van der Waals surface area contributed by atoms with Gasteiger partial charge in [-0.05, 0) is 48.4 Å². The van der Waals surface area contributed by atoms with E-state index in [2.05, 4.69) is 27.7 Å².